The maximum Gasteiger partial charge on any atom is 0.573 e. The van der Waals surface area contributed by atoms with Crippen molar-refractivity contribution in [1.29, 1.82) is 0 Å². The van der Waals surface area contributed by atoms with Gasteiger partial charge in [-0.3, -0.25) is 14.6 Å². The minimum absolute atomic E-state index is 0.0473. The number of benzene rings is 3. The summed E-state index contributed by atoms with van der Waals surface area (Å²) in [4.78, 5) is 31.5. The monoisotopic (exact) mass is 643 g/mol. The van der Waals surface area contributed by atoms with Crippen molar-refractivity contribution >= 4 is 52.4 Å². The lowest BCUT2D eigenvalue weighted by Gasteiger charge is -2.28. The lowest BCUT2D eigenvalue weighted by Crippen LogP contribution is -2.22. The summed E-state index contributed by atoms with van der Waals surface area (Å²) in [5.41, 5.74) is 0.495. The van der Waals surface area contributed by atoms with E-state index in [2.05, 4.69) is 14.6 Å². The Morgan fingerprint density at radius 3 is 2.26 bits per heavy atom. The number of fused-ring (bicyclic) bond motifs is 1. The summed E-state index contributed by atoms with van der Waals surface area (Å²) in [5.74, 6) is -0.746. The number of rotatable bonds is 9. The molecule has 0 bridgehead atoms. The molecular formula is C28H26ClF3NO7PS. The molecule has 1 heterocycles. The Balaban J connectivity index is 1.64. The second-order valence-electron chi connectivity index (χ2n) is 10.1. The van der Waals surface area contributed by atoms with Crippen LogP contribution < -0.4 is 19.3 Å². The molecule has 42 heavy (non-hydrogen) atoms. The largest absolute Gasteiger partial charge is 0.573 e. The number of hydrogen-bond acceptors (Lipinski definition) is 6. The standard InChI is InChI=1S/C28H26ClF3NO7PS/c1-15(2)38-22-11-18(12-23(14-22)39-28(30,31)32)27(3,4)17-9-19(29)13-20(10-17)33-26(34)25-8-16-7-21(40-41(35,36)37)5-6-24(16)42-25/h5-15H,1-4H3,(H,33,34)(H2,35,36,37). The van der Waals surface area contributed by atoms with Gasteiger partial charge in [0, 0.05) is 26.9 Å². The summed E-state index contributed by atoms with van der Waals surface area (Å²) in [6.07, 6.45) is -5.19. The van der Waals surface area contributed by atoms with Crippen molar-refractivity contribution in [1.82, 2.24) is 0 Å². The van der Waals surface area contributed by atoms with Gasteiger partial charge < -0.3 is 19.3 Å². The molecule has 0 saturated heterocycles. The van der Waals surface area contributed by atoms with Gasteiger partial charge in [-0.25, -0.2) is 4.57 Å². The Morgan fingerprint density at radius 2 is 1.62 bits per heavy atom. The Labute approximate surface area is 248 Å². The van der Waals surface area contributed by atoms with E-state index in [0.717, 1.165) is 11.3 Å². The fourth-order valence-corrected chi connectivity index (χ4v) is 5.74. The molecule has 0 aliphatic heterocycles. The number of nitrogens with one attached hydrogen (secondary N) is 1. The number of anilines is 1. The molecule has 0 radical (unpaired) electrons. The van der Waals surface area contributed by atoms with E-state index < -0.39 is 31.3 Å². The number of amides is 1. The summed E-state index contributed by atoms with van der Waals surface area (Å²) in [6, 6.07) is 14.9. The molecular weight excluding hydrogens is 618 g/mol. The van der Waals surface area contributed by atoms with Crippen molar-refractivity contribution in [2.24, 2.45) is 0 Å². The Kier molecular flexibility index (Phi) is 8.87. The van der Waals surface area contributed by atoms with Crippen molar-refractivity contribution in [3.05, 3.63) is 81.7 Å². The Hall–Kier alpha value is -3.28. The van der Waals surface area contributed by atoms with E-state index >= 15 is 0 Å². The topological polar surface area (TPSA) is 114 Å². The molecule has 0 atom stereocenters. The zero-order valence-corrected chi connectivity index (χ0v) is 25.1. The molecule has 3 N–H and O–H groups in total. The Morgan fingerprint density at radius 1 is 0.952 bits per heavy atom. The maximum absolute atomic E-state index is 13.1. The van der Waals surface area contributed by atoms with Crippen LogP contribution >= 0.6 is 30.8 Å². The summed E-state index contributed by atoms with van der Waals surface area (Å²) in [7, 11) is -4.74. The van der Waals surface area contributed by atoms with Crippen LogP contribution in [0.5, 0.6) is 17.2 Å². The van der Waals surface area contributed by atoms with Gasteiger partial charge >= 0.3 is 14.2 Å². The highest BCUT2D eigenvalue weighted by molar-refractivity contribution is 7.46. The number of carbonyl (C=O) groups is 1. The number of phosphoric ester groups is 1. The fraction of sp³-hybridized carbons (Fsp3) is 0.250. The first-order valence-corrected chi connectivity index (χ1v) is 15.1. The highest BCUT2D eigenvalue weighted by Gasteiger charge is 2.33. The number of halogens is 4. The average Bonchev–Trinajstić information content (AvgIpc) is 3.24. The molecule has 224 valence electrons. The SMILES string of the molecule is CC(C)Oc1cc(OC(F)(F)F)cc(C(C)(C)c2cc(Cl)cc(NC(=O)c3cc4cc(OP(=O)(O)O)ccc4s3)c2)c1. The van der Waals surface area contributed by atoms with Crippen molar-refractivity contribution in [3.8, 4) is 17.2 Å². The molecule has 14 heteroatoms. The van der Waals surface area contributed by atoms with Gasteiger partial charge in [-0.05, 0) is 85.0 Å². The van der Waals surface area contributed by atoms with Crippen LogP contribution in [0.15, 0.2) is 60.7 Å². The van der Waals surface area contributed by atoms with Crippen LogP contribution in [0.1, 0.15) is 48.5 Å². The highest BCUT2D eigenvalue weighted by Crippen LogP contribution is 2.41. The van der Waals surface area contributed by atoms with Gasteiger partial charge in [0.25, 0.3) is 5.91 Å². The third kappa shape index (κ3) is 8.17. The van der Waals surface area contributed by atoms with Crippen LogP contribution in [0.2, 0.25) is 5.02 Å². The van der Waals surface area contributed by atoms with E-state index in [0.29, 0.717) is 31.8 Å². The fourth-order valence-electron chi connectivity index (χ4n) is 4.17. The second kappa shape index (κ2) is 11.8. The van der Waals surface area contributed by atoms with E-state index in [1.165, 1.54) is 30.3 Å². The van der Waals surface area contributed by atoms with Gasteiger partial charge in [-0.15, -0.1) is 24.5 Å². The molecule has 0 aliphatic rings. The summed E-state index contributed by atoms with van der Waals surface area (Å²) < 4.78 is 65.5. The number of carbonyl (C=O) groups excluding carboxylic acids is 1. The maximum atomic E-state index is 13.1. The van der Waals surface area contributed by atoms with Crippen LogP contribution in [0.25, 0.3) is 10.1 Å². The molecule has 1 aromatic heterocycles. The van der Waals surface area contributed by atoms with E-state index in [4.69, 9.17) is 26.1 Å². The average molecular weight is 644 g/mol. The van der Waals surface area contributed by atoms with Crippen LogP contribution in [-0.2, 0) is 9.98 Å². The molecule has 0 fully saturated rings. The van der Waals surface area contributed by atoms with Gasteiger partial charge in [0.1, 0.15) is 17.2 Å². The van der Waals surface area contributed by atoms with E-state index in [1.807, 2.05) is 0 Å². The zero-order valence-electron chi connectivity index (χ0n) is 22.7. The van der Waals surface area contributed by atoms with E-state index in [-0.39, 0.29) is 22.6 Å². The van der Waals surface area contributed by atoms with Crippen molar-refractivity contribution in [2.45, 2.75) is 45.6 Å². The zero-order chi connectivity index (χ0) is 31.0. The molecule has 0 unspecified atom stereocenters. The van der Waals surface area contributed by atoms with Gasteiger partial charge in [0.05, 0.1) is 11.0 Å². The van der Waals surface area contributed by atoms with Crippen molar-refractivity contribution in [2.75, 3.05) is 5.32 Å². The number of thiophene rings is 1. The number of hydrogen-bond donors (Lipinski definition) is 3. The third-order valence-corrected chi connectivity index (χ3v) is 7.80. The summed E-state index contributed by atoms with van der Waals surface area (Å²) in [6.45, 7) is 7.08. The van der Waals surface area contributed by atoms with Gasteiger partial charge in [0.15, 0.2) is 0 Å². The van der Waals surface area contributed by atoms with Gasteiger partial charge in [0.2, 0.25) is 0 Å². The third-order valence-electron chi connectivity index (χ3n) is 6.02. The van der Waals surface area contributed by atoms with E-state index in [9.17, 15) is 22.5 Å². The molecule has 0 spiro atoms. The lowest BCUT2D eigenvalue weighted by molar-refractivity contribution is -0.274. The normalized spacial score (nSPS) is 12.5. The molecule has 4 aromatic rings. The first kappa shape index (κ1) is 31.7. The van der Waals surface area contributed by atoms with E-state index in [1.54, 1.807) is 58.0 Å². The van der Waals surface area contributed by atoms with Crippen LogP contribution in [0.4, 0.5) is 18.9 Å². The first-order chi connectivity index (χ1) is 19.4. The summed E-state index contributed by atoms with van der Waals surface area (Å²) >= 11 is 7.56. The number of phosphoric acid groups is 1. The minimum atomic E-state index is -4.90. The molecule has 4 rings (SSSR count). The van der Waals surface area contributed by atoms with Crippen molar-refractivity contribution < 1.29 is 46.3 Å². The molecule has 0 saturated carbocycles. The smallest absolute Gasteiger partial charge is 0.491 e. The lowest BCUT2D eigenvalue weighted by atomic mass is 9.78. The minimum Gasteiger partial charge on any atom is -0.491 e. The highest BCUT2D eigenvalue weighted by atomic mass is 35.5. The Bertz CT molecular complexity index is 1680. The second-order valence-corrected chi connectivity index (χ2v) is 12.8. The van der Waals surface area contributed by atoms with Crippen molar-refractivity contribution in [3.63, 3.8) is 0 Å². The number of alkyl halides is 3. The van der Waals surface area contributed by atoms with Crippen LogP contribution in [-0.4, -0.2) is 28.2 Å². The predicted molar refractivity (Wildman–Crippen MR) is 155 cm³/mol. The van der Waals surface area contributed by atoms with Crippen LogP contribution in [0.3, 0.4) is 0 Å². The predicted octanol–water partition coefficient (Wildman–Crippen LogP) is 8.29. The number of ether oxygens (including phenoxy) is 2. The summed E-state index contributed by atoms with van der Waals surface area (Å²) in [5, 5.41) is 3.62. The molecule has 8 nitrogen and oxygen atoms in total. The molecule has 3 aromatic carbocycles. The molecule has 0 aliphatic carbocycles. The molecule has 1 amide bonds. The first-order valence-electron chi connectivity index (χ1n) is 12.4. The van der Waals surface area contributed by atoms with Gasteiger partial charge in [-0.1, -0.05) is 25.4 Å². The van der Waals surface area contributed by atoms with Crippen LogP contribution in [0, 0.1) is 0 Å². The van der Waals surface area contributed by atoms with Gasteiger partial charge in [-0.2, -0.15) is 0 Å². The quantitative estimate of drug-likeness (QED) is 0.157.